The Morgan fingerprint density at radius 1 is 1.23 bits per heavy atom. The fourth-order valence-electron chi connectivity index (χ4n) is 5.43. The lowest BCUT2D eigenvalue weighted by Crippen LogP contribution is -2.45. The monoisotopic (exact) mass is 562 g/mol. The van der Waals surface area contributed by atoms with Crippen LogP contribution in [0.25, 0.3) is 0 Å². The van der Waals surface area contributed by atoms with Gasteiger partial charge in [0.2, 0.25) is 0 Å². The zero-order chi connectivity index (χ0) is 27.7. The molecule has 9 nitrogen and oxygen atoms in total. The maximum absolute atomic E-state index is 11.7. The van der Waals surface area contributed by atoms with E-state index < -0.39 is 0 Å². The van der Waals surface area contributed by atoms with Crippen LogP contribution < -0.4 is 27.4 Å². The number of rotatable bonds is 4. The summed E-state index contributed by atoms with van der Waals surface area (Å²) in [7, 11) is 0. The molecule has 0 bridgehead atoms. The Balaban J connectivity index is 1.29. The van der Waals surface area contributed by atoms with Crippen LogP contribution in [0.1, 0.15) is 48.2 Å². The minimum absolute atomic E-state index is 0.0227. The van der Waals surface area contributed by atoms with Crippen molar-refractivity contribution in [1.29, 1.82) is 0 Å². The molecule has 7 N–H and O–H groups in total. The summed E-state index contributed by atoms with van der Waals surface area (Å²) in [5, 5.41) is 3.65. The summed E-state index contributed by atoms with van der Waals surface area (Å²) in [6.45, 7) is 5.98. The van der Waals surface area contributed by atoms with E-state index in [2.05, 4.69) is 33.1 Å². The SMILES string of the molecule is CCNC(=O)C#Cc1ccc2c(c1)[C@@H](N)C1(CCN(c3nc(N)c(Sc4ccnc(N)c4Cl)nc3C)CC1)C2. The van der Waals surface area contributed by atoms with Gasteiger partial charge in [-0.15, -0.1) is 0 Å². The van der Waals surface area contributed by atoms with E-state index in [-0.39, 0.29) is 23.2 Å². The Morgan fingerprint density at radius 2 is 2.00 bits per heavy atom. The molecule has 0 unspecified atom stereocenters. The van der Waals surface area contributed by atoms with Gasteiger partial charge < -0.3 is 27.4 Å². The molecule has 1 saturated heterocycles. The summed E-state index contributed by atoms with van der Waals surface area (Å²) < 4.78 is 0. The summed E-state index contributed by atoms with van der Waals surface area (Å²) in [5.41, 5.74) is 23.0. The lowest BCUT2D eigenvalue weighted by atomic mass is 9.73. The van der Waals surface area contributed by atoms with Gasteiger partial charge in [-0.3, -0.25) is 4.79 Å². The van der Waals surface area contributed by atoms with E-state index in [1.807, 2.05) is 26.0 Å². The van der Waals surface area contributed by atoms with Crippen molar-refractivity contribution in [1.82, 2.24) is 20.3 Å². The van der Waals surface area contributed by atoms with Crippen molar-refractivity contribution in [2.45, 2.75) is 49.1 Å². The molecule has 1 aliphatic carbocycles. The number of fused-ring (bicyclic) bond motifs is 1. The van der Waals surface area contributed by atoms with Gasteiger partial charge in [0.05, 0.1) is 10.7 Å². The zero-order valence-electron chi connectivity index (χ0n) is 21.9. The average Bonchev–Trinajstić information content (AvgIpc) is 3.18. The Bertz CT molecular complexity index is 1490. The molecule has 3 heterocycles. The Morgan fingerprint density at radius 3 is 2.74 bits per heavy atom. The number of aryl methyl sites for hydroxylation is 1. The lowest BCUT2D eigenvalue weighted by molar-refractivity contribution is -0.115. The molecular formula is C28H31ClN8OS. The molecule has 39 heavy (non-hydrogen) atoms. The predicted molar refractivity (Wildman–Crippen MR) is 155 cm³/mol. The third kappa shape index (κ3) is 5.35. The Labute approximate surface area is 237 Å². The number of aromatic nitrogens is 3. The van der Waals surface area contributed by atoms with Crippen molar-refractivity contribution in [2.24, 2.45) is 11.1 Å². The number of nitrogens with one attached hydrogen (secondary N) is 1. The van der Waals surface area contributed by atoms with Gasteiger partial charge in [0.1, 0.15) is 10.8 Å². The van der Waals surface area contributed by atoms with Crippen molar-refractivity contribution >= 4 is 46.7 Å². The summed E-state index contributed by atoms with van der Waals surface area (Å²) in [5.74, 6) is 6.74. The fourth-order valence-corrected chi connectivity index (χ4v) is 6.52. The third-order valence-corrected chi connectivity index (χ3v) is 9.09. The standard InChI is InChI=1S/C28H31ClN8OS/c1-3-33-21(38)7-5-17-4-6-18-15-28(23(30)19(18)14-17)9-12-37(13-10-28)26-16(2)35-27(25(32)36-26)39-20-8-11-34-24(31)22(20)29/h4,6,8,11,14,23H,3,9-10,12-13,15,30H2,1-2H3,(H2,31,34)(H2,32,36)(H,33,38)/t23-/m1/s1. The molecule has 2 aliphatic rings. The molecule has 0 saturated carbocycles. The lowest BCUT2D eigenvalue weighted by Gasteiger charge is -2.42. The molecule has 5 rings (SSSR count). The number of hydrogen-bond donors (Lipinski definition) is 4. The number of piperidine rings is 1. The molecule has 11 heteroatoms. The maximum atomic E-state index is 11.7. The topological polar surface area (TPSA) is 149 Å². The molecular weight excluding hydrogens is 532 g/mol. The first kappa shape index (κ1) is 27.1. The molecule has 1 atom stereocenters. The van der Waals surface area contributed by atoms with Gasteiger partial charge in [-0.25, -0.2) is 15.0 Å². The maximum Gasteiger partial charge on any atom is 0.296 e. The van der Waals surface area contributed by atoms with Gasteiger partial charge in [-0.05, 0) is 67.9 Å². The average molecular weight is 563 g/mol. The molecule has 1 aliphatic heterocycles. The first-order valence-corrected chi connectivity index (χ1v) is 14.1. The minimum atomic E-state index is -0.275. The van der Waals surface area contributed by atoms with E-state index in [4.69, 9.17) is 38.8 Å². The smallest absolute Gasteiger partial charge is 0.296 e. The van der Waals surface area contributed by atoms with E-state index >= 15 is 0 Å². The van der Waals surface area contributed by atoms with Crippen molar-refractivity contribution < 1.29 is 4.79 Å². The summed E-state index contributed by atoms with van der Waals surface area (Å²) in [6, 6.07) is 7.81. The fraction of sp³-hybridized carbons (Fsp3) is 0.357. The number of halogens is 1. The van der Waals surface area contributed by atoms with Crippen molar-refractivity contribution in [3.63, 3.8) is 0 Å². The van der Waals surface area contributed by atoms with Crippen LogP contribution in [0.3, 0.4) is 0 Å². The number of nitrogen functional groups attached to an aromatic ring is 2. The number of carbonyl (C=O) groups excluding carboxylic acids is 1. The van der Waals surface area contributed by atoms with E-state index in [1.54, 1.807) is 12.3 Å². The number of nitrogens with two attached hydrogens (primary N) is 3. The van der Waals surface area contributed by atoms with E-state index in [0.717, 1.165) is 59.9 Å². The van der Waals surface area contributed by atoms with Gasteiger partial charge in [-0.2, -0.15) is 0 Å². The van der Waals surface area contributed by atoms with Crippen LogP contribution in [0.15, 0.2) is 40.4 Å². The molecule has 3 aromatic rings. The Hall–Kier alpha value is -3.52. The molecule has 0 radical (unpaired) electrons. The third-order valence-electron chi connectivity index (χ3n) is 7.53. The van der Waals surface area contributed by atoms with Crippen LogP contribution >= 0.6 is 23.4 Å². The largest absolute Gasteiger partial charge is 0.382 e. The van der Waals surface area contributed by atoms with Crippen LogP contribution in [-0.2, 0) is 11.2 Å². The quantitative estimate of drug-likeness (QED) is 0.350. The molecule has 1 fully saturated rings. The van der Waals surface area contributed by atoms with Crippen molar-refractivity contribution in [2.75, 3.05) is 36.0 Å². The molecule has 1 aromatic carbocycles. The number of benzene rings is 1. The number of nitrogens with zero attached hydrogens (tertiary/aromatic N) is 4. The first-order chi connectivity index (χ1) is 18.7. The van der Waals surface area contributed by atoms with Crippen LogP contribution in [0.4, 0.5) is 17.5 Å². The highest BCUT2D eigenvalue weighted by molar-refractivity contribution is 7.99. The summed E-state index contributed by atoms with van der Waals surface area (Å²) >= 11 is 7.63. The number of carbonyl (C=O) groups is 1. The molecule has 2 aromatic heterocycles. The predicted octanol–water partition coefficient (Wildman–Crippen LogP) is 3.48. The Kier molecular flexibility index (Phi) is 7.58. The van der Waals surface area contributed by atoms with Crippen LogP contribution in [0.5, 0.6) is 0 Å². The van der Waals surface area contributed by atoms with Crippen LogP contribution in [0.2, 0.25) is 5.02 Å². The van der Waals surface area contributed by atoms with Gasteiger partial charge in [0, 0.05) is 48.3 Å². The second-order valence-electron chi connectivity index (χ2n) is 9.96. The normalized spacial score (nSPS) is 17.4. The molecule has 202 valence electrons. The first-order valence-electron chi connectivity index (χ1n) is 12.9. The minimum Gasteiger partial charge on any atom is -0.382 e. The zero-order valence-corrected chi connectivity index (χ0v) is 23.5. The summed E-state index contributed by atoms with van der Waals surface area (Å²) in [4.78, 5) is 28.2. The molecule has 1 spiro atoms. The second-order valence-corrected chi connectivity index (χ2v) is 11.4. The highest BCUT2D eigenvalue weighted by Crippen LogP contribution is 2.51. The summed E-state index contributed by atoms with van der Waals surface area (Å²) in [6.07, 6.45) is 4.38. The van der Waals surface area contributed by atoms with Gasteiger partial charge in [0.25, 0.3) is 5.91 Å². The number of pyridine rings is 1. The van der Waals surface area contributed by atoms with E-state index in [9.17, 15) is 4.79 Å². The molecule has 1 amide bonds. The number of amides is 1. The van der Waals surface area contributed by atoms with Crippen LogP contribution in [0, 0.1) is 24.2 Å². The number of hydrogen-bond acceptors (Lipinski definition) is 9. The number of anilines is 3. The van der Waals surface area contributed by atoms with Gasteiger partial charge >= 0.3 is 0 Å². The highest BCUT2D eigenvalue weighted by atomic mass is 35.5. The van der Waals surface area contributed by atoms with E-state index in [1.165, 1.54) is 17.3 Å². The van der Waals surface area contributed by atoms with Crippen molar-refractivity contribution in [3.05, 3.63) is 57.9 Å². The van der Waals surface area contributed by atoms with Gasteiger partial charge in [-0.1, -0.05) is 35.3 Å². The van der Waals surface area contributed by atoms with E-state index in [0.29, 0.717) is 22.4 Å². The highest BCUT2D eigenvalue weighted by Gasteiger charge is 2.46. The van der Waals surface area contributed by atoms with Crippen molar-refractivity contribution in [3.8, 4) is 11.8 Å². The van der Waals surface area contributed by atoms with Gasteiger partial charge in [0.15, 0.2) is 11.6 Å². The van der Waals surface area contributed by atoms with Crippen LogP contribution in [-0.4, -0.2) is 40.5 Å². The second kappa shape index (κ2) is 10.9.